The maximum atomic E-state index is 6.07. The van der Waals surface area contributed by atoms with E-state index in [0.717, 1.165) is 12.3 Å². The van der Waals surface area contributed by atoms with Gasteiger partial charge in [-0.2, -0.15) is 0 Å². The number of rotatable bonds is 5. The molecular formula is C16H26N2O. The first-order valence-electron chi connectivity index (χ1n) is 7.45. The van der Waals surface area contributed by atoms with E-state index in [1.807, 2.05) is 13.0 Å². The Kier molecular flexibility index (Phi) is 5.23. The number of ether oxygens (including phenoxy) is 1. The van der Waals surface area contributed by atoms with Crippen molar-refractivity contribution in [2.45, 2.75) is 45.2 Å². The van der Waals surface area contributed by atoms with Crippen LogP contribution < -0.4 is 10.5 Å². The van der Waals surface area contributed by atoms with Gasteiger partial charge in [0.25, 0.3) is 0 Å². The summed E-state index contributed by atoms with van der Waals surface area (Å²) in [4.78, 5) is 2.54. The average Bonchev–Trinajstić information content (AvgIpc) is 2.44. The quantitative estimate of drug-likeness (QED) is 0.886. The molecular weight excluding hydrogens is 236 g/mol. The van der Waals surface area contributed by atoms with Crippen molar-refractivity contribution in [1.82, 2.24) is 4.90 Å². The first-order valence-corrected chi connectivity index (χ1v) is 7.45. The summed E-state index contributed by atoms with van der Waals surface area (Å²) >= 11 is 0. The van der Waals surface area contributed by atoms with Gasteiger partial charge in [-0.05, 0) is 39.3 Å². The van der Waals surface area contributed by atoms with E-state index in [2.05, 4.69) is 30.0 Å². The van der Waals surface area contributed by atoms with Crippen LogP contribution in [-0.2, 0) is 0 Å². The van der Waals surface area contributed by atoms with E-state index in [9.17, 15) is 0 Å². The second-order valence-electron chi connectivity index (χ2n) is 5.30. The molecule has 0 aromatic heterocycles. The zero-order valence-electron chi connectivity index (χ0n) is 12.1. The molecule has 106 valence electrons. The standard InChI is InChI=1S/C16H26N2O/c1-3-19-16-10-5-4-9-14(16)15(12-17)18-11-7-6-8-13(18)2/h4-5,9-10,13,15H,3,6-8,11-12,17H2,1-2H3. The minimum absolute atomic E-state index is 0.276. The van der Waals surface area contributed by atoms with Gasteiger partial charge in [-0.25, -0.2) is 0 Å². The molecule has 1 aromatic rings. The van der Waals surface area contributed by atoms with Gasteiger partial charge >= 0.3 is 0 Å². The Hall–Kier alpha value is -1.06. The second kappa shape index (κ2) is 6.92. The van der Waals surface area contributed by atoms with Gasteiger partial charge in [-0.15, -0.1) is 0 Å². The molecule has 19 heavy (non-hydrogen) atoms. The van der Waals surface area contributed by atoms with Crippen molar-refractivity contribution in [2.24, 2.45) is 5.73 Å². The van der Waals surface area contributed by atoms with Crippen molar-refractivity contribution in [3.63, 3.8) is 0 Å². The van der Waals surface area contributed by atoms with Gasteiger partial charge < -0.3 is 10.5 Å². The molecule has 0 spiro atoms. The highest BCUT2D eigenvalue weighted by molar-refractivity contribution is 5.36. The predicted molar refractivity (Wildman–Crippen MR) is 79.4 cm³/mol. The Morgan fingerprint density at radius 1 is 1.37 bits per heavy atom. The molecule has 1 heterocycles. The topological polar surface area (TPSA) is 38.5 Å². The summed E-state index contributed by atoms with van der Waals surface area (Å²) in [6, 6.07) is 9.20. The summed E-state index contributed by atoms with van der Waals surface area (Å²) in [6.45, 7) is 6.82. The highest BCUT2D eigenvalue weighted by atomic mass is 16.5. The van der Waals surface area contributed by atoms with Gasteiger partial charge in [0.2, 0.25) is 0 Å². The highest BCUT2D eigenvalue weighted by Crippen LogP contribution is 2.32. The maximum absolute atomic E-state index is 6.07. The van der Waals surface area contributed by atoms with Crippen molar-refractivity contribution in [2.75, 3.05) is 19.7 Å². The average molecular weight is 262 g/mol. The van der Waals surface area contributed by atoms with Gasteiger partial charge in [-0.1, -0.05) is 24.6 Å². The van der Waals surface area contributed by atoms with Crippen LogP contribution >= 0.6 is 0 Å². The largest absolute Gasteiger partial charge is 0.494 e. The van der Waals surface area contributed by atoms with Crippen LogP contribution in [0.4, 0.5) is 0 Å². The van der Waals surface area contributed by atoms with Crippen LogP contribution in [0.25, 0.3) is 0 Å². The van der Waals surface area contributed by atoms with E-state index in [1.54, 1.807) is 0 Å². The van der Waals surface area contributed by atoms with Crippen molar-refractivity contribution < 1.29 is 4.74 Å². The third-order valence-electron chi connectivity index (χ3n) is 4.06. The number of piperidine rings is 1. The second-order valence-corrected chi connectivity index (χ2v) is 5.30. The number of hydrogen-bond acceptors (Lipinski definition) is 3. The molecule has 3 heteroatoms. The summed E-state index contributed by atoms with van der Waals surface area (Å²) in [7, 11) is 0. The van der Waals surface area contributed by atoms with Crippen LogP contribution in [0.15, 0.2) is 24.3 Å². The Morgan fingerprint density at radius 2 is 2.16 bits per heavy atom. The monoisotopic (exact) mass is 262 g/mol. The zero-order chi connectivity index (χ0) is 13.7. The van der Waals surface area contributed by atoms with E-state index >= 15 is 0 Å². The molecule has 1 saturated heterocycles. The lowest BCUT2D eigenvalue weighted by Crippen LogP contribution is -2.43. The van der Waals surface area contributed by atoms with Crippen LogP contribution in [0.1, 0.15) is 44.7 Å². The lowest BCUT2D eigenvalue weighted by molar-refractivity contribution is 0.107. The molecule has 0 aliphatic carbocycles. The number of likely N-dealkylation sites (tertiary alicyclic amines) is 1. The molecule has 1 aromatic carbocycles. The van der Waals surface area contributed by atoms with E-state index in [0.29, 0.717) is 19.2 Å². The van der Waals surface area contributed by atoms with Crippen molar-refractivity contribution in [1.29, 1.82) is 0 Å². The minimum atomic E-state index is 0.276. The lowest BCUT2D eigenvalue weighted by Gasteiger charge is -2.39. The number of hydrogen-bond donors (Lipinski definition) is 1. The molecule has 2 N–H and O–H groups in total. The molecule has 1 fully saturated rings. The highest BCUT2D eigenvalue weighted by Gasteiger charge is 2.27. The Balaban J connectivity index is 2.25. The summed E-state index contributed by atoms with van der Waals surface area (Å²) in [6.07, 6.45) is 3.88. The Bertz CT molecular complexity index is 394. The summed E-state index contributed by atoms with van der Waals surface area (Å²) < 4.78 is 5.76. The van der Waals surface area contributed by atoms with E-state index in [-0.39, 0.29) is 6.04 Å². The van der Waals surface area contributed by atoms with Gasteiger partial charge in [-0.3, -0.25) is 4.90 Å². The van der Waals surface area contributed by atoms with Gasteiger partial charge in [0.05, 0.1) is 12.6 Å². The molecule has 0 radical (unpaired) electrons. The molecule has 1 aliphatic rings. The van der Waals surface area contributed by atoms with Crippen LogP contribution in [0.5, 0.6) is 5.75 Å². The lowest BCUT2D eigenvalue weighted by atomic mass is 9.96. The van der Waals surface area contributed by atoms with Gasteiger partial charge in [0.1, 0.15) is 5.75 Å². The number of benzene rings is 1. The van der Waals surface area contributed by atoms with Gasteiger partial charge in [0, 0.05) is 18.2 Å². The smallest absolute Gasteiger partial charge is 0.124 e. The van der Waals surface area contributed by atoms with Crippen LogP contribution in [0.2, 0.25) is 0 Å². The zero-order valence-corrected chi connectivity index (χ0v) is 12.1. The van der Waals surface area contributed by atoms with E-state index in [4.69, 9.17) is 10.5 Å². The summed E-state index contributed by atoms with van der Waals surface area (Å²) in [5.74, 6) is 0.984. The fourth-order valence-corrected chi connectivity index (χ4v) is 3.07. The first-order chi connectivity index (χ1) is 9.27. The molecule has 0 saturated carbocycles. The van der Waals surface area contributed by atoms with Crippen LogP contribution in [0.3, 0.4) is 0 Å². The van der Waals surface area contributed by atoms with E-state index < -0.39 is 0 Å². The maximum Gasteiger partial charge on any atom is 0.124 e. The predicted octanol–water partition coefficient (Wildman–Crippen LogP) is 2.96. The number of nitrogens with zero attached hydrogens (tertiary/aromatic N) is 1. The Labute approximate surface area is 116 Å². The molecule has 0 amide bonds. The molecule has 2 rings (SSSR count). The molecule has 2 atom stereocenters. The fraction of sp³-hybridized carbons (Fsp3) is 0.625. The Morgan fingerprint density at radius 3 is 2.84 bits per heavy atom. The molecule has 0 bridgehead atoms. The molecule has 3 nitrogen and oxygen atoms in total. The molecule has 1 aliphatic heterocycles. The van der Waals surface area contributed by atoms with Gasteiger partial charge in [0.15, 0.2) is 0 Å². The van der Waals surface area contributed by atoms with Crippen molar-refractivity contribution in [3.8, 4) is 5.75 Å². The first kappa shape index (κ1) is 14.4. The number of para-hydroxylation sites is 1. The number of nitrogens with two attached hydrogens (primary N) is 1. The van der Waals surface area contributed by atoms with Crippen molar-refractivity contribution >= 4 is 0 Å². The molecule has 2 unspecified atom stereocenters. The SMILES string of the molecule is CCOc1ccccc1C(CN)N1CCCCC1C. The van der Waals surface area contributed by atoms with E-state index in [1.165, 1.54) is 24.8 Å². The minimum Gasteiger partial charge on any atom is -0.494 e. The van der Waals surface area contributed by atoms with Crippen molar-refractivity contribution in [3.05, 3.63) is 29.8 Å². The van der Waals surface area contributed by atoms with Crippen LogP contribution in [-0.4, -0.2) is 30.6 Å². The van der Waals surface area contributed by atoms with Crippen LogP contribution in [0, 0.1) is 0 Å². The fourth-order valence-electron chi connectivity index (χ4n) is 3.07. The normalized spacial score (nSPS) is 22.2. The summed E-state index contributed by atoms with van der Waals surface area (Å²) in [5, 5.41) is 0. The third kappa shape index (κ3) is 3.28. The third-order valence-corrected chi connectivity index (χ3v) is 4.06. The summed E-state index contributed by atoms with van der Waals surface area (Å²) in [5.41, 5.74) is 7.30.